The molecule has 0 atom stereocenters. The number of ether oxygens (including phenoxy) is 1. The van der Waals surface area contributed by atoms with Crippen molar-refractivity contribution in [3.05, 3.63) is 48.3 Å². The van der Waals surface area contributed by atoms with Crippen molar-refractivity contribution in [3.8, 4) is 5.75 Å². The SMILES string of the molecule is COc1ccc2c(c1)N(C(=O)CCCSc1ccncc1)CC2. The van der Waals surface area contributed by atoms with Gasteiger partial charge in [-0.25, -0.2) is 0 Å². The quantitative estimate of drug-likeness (QED) is 0.601. The number of benzene rings is 1. The van der Waals surface area contributed by atoms with Crippen LogP contribution in [0.5, 0.6) is 5.75 Å². The summed E-state index contributed by atoms with van der Waals surface area (Å²) in [5.74, 6) is 1.94. The van der Waals surface area contributed by atoms with Crippen molar-refractivity contribution in [1.29, 1.82) is 0 Å². The smallest absolute Gasteiger partial charge is 0.227 e. The van der Waals surface area contributed by atoms with Gasteiger partial charge in [-0.1, -0.05) is 6.07 Å². The van der Waals surface area contributed by atoms with E-state index in [-0.39, 0.29) is 5.91 Å². The van der Waals surface area contributed by atoms with Crippen molar-refractivity contribution in [2.45, 2.75) is 24.2 Å². The number of pyridine rings is 1. The fourth-order valence-corrected chi connectivity index (χ4v) is 3.57. The fourth-order valence-electron chi connectivity index (χ4n) is 2.73. The van der Waals surface area contributed by atoms with Crippen LogP contribution in [0, 0.1) is 0 Å². The lowest BCUT2D eigenvalue weighted by Gasteiger charge is -2.18. The Balaban J connectivity index is 1.52. The van der Waals surface area contributed by atoms with Crippen LogP contribution in [-0.2, 0) is 11.2 Å². The summed E-state index contributed by atoms with van der Waals surface area (Å²) in [6.45, 7) is 0.777. The molecule has 0 saturated heterocycles. The molecule has 1 aromatic carbocycles. The average molecular weight is 328 g/mol. The van der Waals surface area contributed by atoms with Gasteiger partial charge in [0.15, 0.2) is 0 Å². The number of methoxy groups -OCH3 is 1. The fraction of sp³-hybridized carbons (Fsp3) is 0.333. The molecule has 0 unspecified atom stereocenters. The van der Waals surface area contributed by atoms with E-state index in [2.05, 4.69) is 11.1 Å². The first kappa shape index (κ1) is 15.9. The van der Waals surface area contributed by atoms with E-state index >= 15 is 0 Å². The highest BCUT2D eigenvalue weighted by molar-refractivity contribution is 7.99. The zero-order valence-electron chi connectivity index (χ0n) is 13.2. The standard InChI is InChI=1S/C18H20N2O2S/c1-22-15-5-4-14-8-11-20(17(14)13-15)18(21)3-2-12-23-16-6-9-19-10-7-16/h4-7,9-10,13H,2-3,8,11-12H2,1H3. The number of fused-ring (bicyclic) bond motifs is 1. The minimum atomic E-state index is 0.201. The third kappa shape index (κ3) is 3.85. The van der Waals surface area contributed by atoms with E-state index in [1.807, 2.05) is 29.2 Å². The second-order valence-corrected chi connectivity index (χ2v) is 6.59. The van der Waals surface area contributed by atoms with Gasteiger partial charge in [-0.3, -0.25) is 9.78 Å². The number of hydrogen-bond acceptors (Lipinski definition) is 4. The summed E-state index contributed by atoms with van der Waals surface area (Å²) in [5.41, 5.74) is 2.24. The predicted molar refractivity (Wildman–Crippen MR) is 93.2 cm³/mol. The highest BCUT2D eigenvalue weighted by atomic mass is 32.2. The number of nitrogens with zero attached hydrogens (tertiary/aromatic N) is 2. The molecule has 0 bridgehead atoms. The monoisotopic (exact) mass is 328 g/mol. The number of anilines is 1. The number of thioether (sulfide) groups is 1. The molecular weight excluding hydrogens is 308 g/mol. The van der Waals surface area contributed by atoms with Crippen LogP contribution in [0.15, 0.2) is 47.6 Å². The molecule has 0 aliphatic carbocycles. The lowest BCUT2D eigenvalue weighted by atomic mass is 10.1. The average Bonchev–Trinajstić information content (AvgIpc) is 3.02. The molecule has 1 aromatic heterocycles. The first-order valence-corrected chi connectivity index (χ1v) is 8.76. The van der Waals surface area contributed by atoms with Crippen LogP contribution in [0.4, 0.5) is 5.69 Å². The molecule has 1 aliphatic heterocycles. The van der Waals surface area contributed by atoms with Gasteiger partial charge in [0.05, 0.1) is 12.8 Å². The predicted octanol–water partition coefficient (Wildman–Crippen LogP) is 3.55. The molecular formula is C18H20N2O2S. The van der Waals surface area contributed by atoms with E-state index in [9.17, 15) is 4.79 Å². The number of carbonyl (C=O) groups is 1. The van der Waals surface area contributed by atoms with Crippen LogP contribution in [0.25, 0.3) is 0 Å². The topological polar surface area (TPSA) is 42.4 Å². The third-order valence-electron chi connectivity index (χ3n) is 3.94. The Morgan fingerprint density at radius 2 is 2.13 bits per heavy atom. The molecule has 4 nitrogen and oxygen atoms in total. The summed E-state index contributed by atoms with van der Waals surface area (Å²) in [6, 6.07) is 9.97. The number of carbonyl (C=O) groups excluding carboxylic acids is 1. The van der Waals surface area contributed by atoms with Gasteiger partial charge >= 0.3 is 0 Å². The van der Waals surface area contributed by atoms with Crippen molar-refractivity contribution in [2.75, 3.05) is 24.3 Å². The van der Waals surface area contributed by atoms with Crippen LogP contribution in [0.1, 0.15) is 18.4 Å². The minimum absolute atomic E-state index is 0.201. The minimum Gasteiger partial charge on any atom is -0.497 e. The third-order valence-corrected chi connectivity index (χ3v) is 5.04. The van der Waals surface area contributed by atoms with Crippen molar-refractivity contribution < 1.29 is 9.53 Å². The van der Waals surface area contributed by atoms with Crippen molar-refractivity contribution in [1.82, 2.24) is 4.98 Å². The highest BCUT2D eigenvalue weighted by Crippen LogP contribution is 2.32. The highest BCUT2D eigenvalue weighted by Gasteiger charge is 2.24. The summed E-state index contributed by atoms with van der Waals surface area (Å²) in [7, 11) is 1.65. The first-order valence-electron chi connectivity index (χ1n) is 7.78. The summed E-state index contributed by atoms with van der Waals surface area (Å²) >= 11 is 1.77. The van der Waals surface area contributed by atoms with Gasteiger partial charge in [-0.05, 0) is 42.4 Å². The van der Waals surface area contributed by atoms with E-state index in [1.165, 1.54) is 10.5 Å². The maximum absolute atomic E-state index is 12.5. The van der Waals surface area contributed by atoms with Crippen LogP contribution in [-0.4, -0.2) is 30.3 Å². The maximum atomic E-state index is 12.5. The first-order chi connectivity index (χ1) is 11.3. The molecule has 2 aromatic rings. The summed E-state index contributed by atoms with van der Waals surface area (Å²) < 4.78 is 5.27. The molecule has 120 valence electrons. The van der Waals surface area contributed by atoms with Crippen molar-refractivity contribution in [2.24, 2.45) is 0 Å². The van der Waals surface area contributed by atoms with Crippen LogP contribution >= 0.6 is 11.8 Å². The Morgan fingerprint density at radius 3 is 2.91 bits per heavy atom. The zero-order valence-corrected chi connectivity index (χ0v) is 14.0. The molecule has 0 radical (unpaired) electrons. The molecule has 0 N–H and O–H groups in total. The Labute approximate surface area is 140 Å². The molecule has 3 rings (SSSR count). The van der Waals surface area contributed by atoms with Crippen LogP contribution in [0.3, 0.4) is 0 Å². The largest absolute Gasteiger partial charge is 0.497 e. The van der Waals surface area contributed by atoms with E-state index in [0.717, 1.165) is 36.6 Å². The second-order valence-electron chi connectivity index (χ2n) is 5.42. The lowest BCUT2D eigenvalue weighted by molar-refractivity contribution is -0.118. The normalized spacial score (nSPS) is 13.0. The zero-order chi connectivity index (χ0) is 16.1. The molecule has 1 amide bonds. The number of amides is 1. The van der Waals surface area contributed by atoms with E-state index < -0.39 is 0 Å². The Bertz CT molecular complexity index is 676. The Kier molecular flexibility index (Phi) is 5.18. The molecule has 23 heavy (non-hydrogen) atoms. The maximum Gasteiger partial charge on any atom is 0.227 e. The van der Waals surface area contributed by atoms with Crippen molar-refractivity contribution >= 4 is 23.4 Å². The van der Waals surface area contributed by atoms with Gasteiger partial charge in [0.1, 0.15) is 5.75 Å². The Hall–Kier alpha value is -2.01. The number of aromatic nitrogens is 1. The second kappa shape index (κ2) is 7.51. The van der Waals surface area contributed by atoms with Gasteiger partial charge in [0.2, 0.25) is 5.91 Å². The van der Waals surface area contributed by atoms with Crippen LogP contribution < -0.4 is 9.64 Å². The van der Waals surface area contributed by atoms with Crippen molar-refractivity contribution in [3.63, 3.8) is 0 Å². The van der Waals surface area contributed by atoms with E-state index in [1.54, 1.807) is 31.3 Å². The molecule has 0 spiro atoms. The summed E-state index contributed by atoms with van der Waals surface area (Å²) in [6.07, 6.45) is 5.97. The summed E-state index contributed by atoms with van der Waals surface area (Å²) in [4.78, 5) is 19.6. The number of rotatable bonds is 6. The van der Waals surface area contributed by atoms with Gasteiger partial charge < -0.3 is 9.64 Å². The number of hydrogen-bond donors (Lipinski definition) is 0. The molecule has 5 heteroatoms. The molecule has 1 aliphatic rings. The van der Waals surface area contributed by atoms with Gasteiger partial charge in [0, 0.05) is 36.3 Å². The van der Waals surface area contributed by atoms with E-state index in [0.29, 0.717) is 6.42 Å². The summed E-state index contributed by atoms with van der Waals surface area (Å²) in [5, 5.41) is 0. The molecule has 0 fully saturated rings. The van der Waals surface area contributed by atoms with Crippen LogP contribution in [0.2, 0.25) is 0 Å². The lowest BCUT2D eigenvalue weighted by Crippen LogP contribution is -2.28. The van der Waals surface area contributed by atoms with Gasteiger partial charge in [0.25, 0.3) is 0 Å². The Morgan fingerprint density at radius 1 is 1.30 bits per heavy atom. The van der Waals surface area contributed by atoms with E-state index in [4.69, 9.17) is 4.74 Å². The molecule has 0 saturated carbocycles. The van der Waals surface area contributed by atoms with Gasteiger partial charge in [-0.15, -0.1) is 11.8 Å². The molecule has 2 heterocycles. The van der Waals surface area contributed by atoms with Gasteiger partial charge in [-0.2, -0.15) is 0 Å².